The zero-order chi connectivity index (χ0) is 16.9. The van der Waals surface area contributed by atoms with Crippen molar-refractivity contribution in [2.45, 2.75) is 31.1 Å². The van der Waals surface area contributed by atoms with Gasteiger partial charge in [-0.25, -0.2) is 13.2 Å². The molecule has 0 aromatic heterocycles. The lowest BCUT2D eigenvalue weighted by Crippen LogP contribution is -2.35. The molecule has 1 aliphatic rings. The number of ether oxygens (including phenoxy) is 1. The Balaban J connectivity index is 2.30. The van der Waals surface area contributed by atoms with Crippen LogP contribution in [0.3, 0.4) is 0 Å². The molecule has 0 spiro atoms. The fourth-order valence-electron chi connectivity index (χ4n) is 2.53. The lowest BCUT2D eigenvalue weighted by atomic mass is 10.2. The van der Waals surface area contributed by atoms with Gasteiger partial charge in [-0.3, -0.25) is 0 Å². The van der Waals surface area contributed by atoms with Crippen LogP contribution in [0, 0.1) is 0 Å². The molecule has 2 rings (SSSR count). The quantitative estimate of drug-likeness (QED) is 0.857. The fourth-order valence-corrected chi connectivity index (χ4v) is 4.07. The Morgan fingerprint density at radius 3 is 2.57 bits per heavy atom. The zero-order valence-corrected chi connectivity index (χ0v) is 14.3. The van der Waals surface area contributed by atoms with Crippen LogP contribution in [0.4, 0.5) is 10.5 Å². The Morgan fingerprint density at radius 2 is 1.96 bits per heavy atom. The molecule has 8 heteroatoms. The summed E-state index contributed by atoms with van der Waals surface area (Å²) in [4.78, 5) is 11.9. The van der Waals surface area contributed by atoms with E-state index in [-0.39, 0.29) is 4.90 Å². The molecule has 0 bridgehead atoms. The Kier molecular flexibility index (Phi) is 5.84. The lowest BCUT2D eigenvalue weighted by molar-refractivity contribution is 0.252. The van der Waals surface area contributed by atoms with E-state index >= 15 is 0 Å². The summed E-state index contributed by atoms with van der Waals surface area (Å²) in [5, 5.41) is 5.22. The maximum absolute atomic E-state index is 12.7. The Hall–Kier alpha value is -1.80. The van der Waals surface area contributed by atoms with Crippen LogP contribution in [0.2, 0.25) is 0 Å². The summed E-state index contributed by atoms with van der Waals surface area (Å²) in [5.74, 6) is 0.411. The van der Waals surface area contributed by atoms with Crippen molar-refractivity contribution in [3.8, 4) is 5.75 Å². The van der Waals surface area contributed by atoms with Crippen molar-refractivity contribution in [1.29, 1.82) is 0 Å². The molecule has 2 N–H and O–H groups in total. The number of amides is 2. The maximum Gasteiger partial charge on any atom is 0.319 e. The molecule has 0 radical (unpaired) electrons. The van der Waals surface area contributed by atoms with Gasteiger partial charge in [-0.1, -0.05) is 6.42 Å². The molecule has 0 unspecified atom stereocenters. The number of hydrogen-bond donors (Lipinski definition) is 2. The molecule has 1 heterocycles. The van der Waals surface area contributed by atoms with E-state index in [0.29, 0.717) is 31.1 Å². The number of benzene rings is 1. The van der Waals surface area contributed by atoms with Gasteiger partial charge in [0.15, 0.2) is 0 Å². The first kappa shape index (κ1) is 17.6. The number of piperidine rings is 1. The smallest absolute Gasteiger partial charge is 0.319 e. The van der Waals surface area contributed by atoms with Crippen molar-refractivity contribution in [1.82, 2.24) is 9.62 Å². The van der Waals surface area contributed by atoms with Crippen LogP contribution in [-0.4, -0.2) is 45.5 Å². The van der Waals surface area contributed by atoms with E-state index in [1.165, 1.54) is 23.5 Å². The first-order valence-electron chi connectivity index (χ1n) is 7.72. The van der Waals surface area contributed by atoms with Gasteiger partial charge in [-0.2, -0.15) is 4.31 Å². The zero-order valence-electron chi connectivity index (χ0n) is 13.5. The molecular formula is C15H23N3O4S. The van der Waals surface area contributed by atoms with Crippen LogP contribution in [0.1, 0.15) is 26.2 Å². The van der Waals surface area contributed by atoms with Crippen LogP contribution < -0.4 is 15.4 Å². The first-order chi connectivity index (χ1) is 11.0. The molecule has 1 aromatic carbocycles. The summed E-state index contributed by atoms with van der Waals surface area (Å²) >= 11 is 0. The van der Waals surface area contributed by atoms with Gasteiger partial charge in [0.05, 0.1) is 17.7 Å². The number of rotatable bonds is 5. The summed E-state index contributed by atoms with van der Waals surface area (Å²) in [5.41, 5.74) is 0.330. The summed E-state index contributed by atoms with van der Waals surface area (Å²) in [6.45, 7) is 3.34. The number of nitrogens with zero attached hydrogens (tertiary/aromatic N) is 1. The highest BCUT2D eigenvalue weighted by Crippen LogP contribution is 2.29. The monoisotopic (exact) mass is 341 g/mol. The van der Waals surface area contributed by atoms with E-state index < -0.39 is 16.1 Å². The summed E-state index contributed by atoms with van der Waals surface area (Å²) in [7, 11) is -2.08. The van der Waals surface area contributed by atoms with Gasteiger partial charge < -0.3 is 15.4 Å². The molecule has 1 aliphatic heterocycles. The highest BCUT2D eigenvalue weighted by Gasteiger charge is 2.26. The van der Waals surface area contributed by atoms with Crippen LogP contribution in [0.15, 0.2) is 23.1 Å². The highest BCUT2D eigenvalue weighted by atomic mass is 32.2. The minimum absolute atomic E-state index is 0.159. The number of methoxy groups -OCH3 is 1. The lowest BCUT2D eigenvalue weighted by Gasteiger charge is -2.26. The van der Waals surface area contributed by atoms with Gasteiger partial charge in [-0.05, 0) is 38.0 Å². The van der Waals surface area contributed by atoms with Gasteiger partial charge >= 0.3 is 6.03 Å². The van der Waals surface area contributed by atoms with E-state index in [2.05, 4.69) is 10.6 Å². The number of sulfonamides is 1. The number of hydrogen-bond acceptors (Lipinski definition) is 4. The van der Waals surface area contributed by atoms with Crippen LogP contribution >= 0.6 is 0 Å². The van der Waals surface area contributed by atoms with E-state index in [0.717, 1.165) is 19.3 Å². The van der Waals surface area contributed by atoms with E-state index in [1.807, 2.05) is 0 Å². The van der Waals surface area contributed by atoms with Crippen molar-refractivity contribution < 1.29 is 17.9 Å². The van der Waals surface area contributed by atoms with Crippen molar-refractivity contribution in [2.24, 2.45) is 0 Å². The number of nitrogens with one attached hydrogen (secondary N) is 2. The summed E-state index contributed by atoms with van der Waals surface area (Å²) in [6, 6.07) is 4.10. The molecular weight excluding hydrogens is 318 g/mol. The average Bonchev–Trinajstić information content (AvgIpc) is 2.55. The Morgan fingerprint density at radius 1 is 1.26 bits per heavy atom. The third-order valence-corrected chi connectivity index (χ3v) is 5.60. The molecule has 1 aromatic rings. The Labute approximate surface area is 137 Å². The second kappa shape index (κ2) is 7.65. The third kappa shape index (κ3) is 4.14. The molecule has 1 saturated heterocycles. The van der Waals surface area contributed by atoms with E-state index in [9.17, 15) is 13.2 Å². The minimum atomic E-state index is -3.55. The molecule has 0 saturated carbocycles. The summed E-state index contributed by atoms with van der Waals surface area (Å²) in [6.07, 6.45) is 2.80. The second-order valence-electron chi connectivity index (χ2n) is 5.31. The number of carbonyl (C=O) groups excluding carboxylic acids is 1. The van der Waals surface area contributed by atoms with Crippen molar-refractivity contribution >= 4 is 21.7 Å². The number of anilines is 1. The molecule has 1 fully saturated rings. The standard InChI is InChI=1S/C15H23N3O4S/c1-3-16-15(19)17-13-11-12(7-8-14(13)22-2)23(20,21)18-9-5-4-6-10-18/h7-8,11H,3-6,9-10H2,1-2H3,(H2,16,17,19). The minimum Gasteiger partial charge on any atom is -0.495 e. The normalized spacial score (nSPS) is 15.9. The predicted octanol–water partition coefficient (Wildman–Crippen LogP) is 2.01. The first-order valence-corrected chi connectivity index (χ1v) is 9.16. The molecule has 7 nitrogen and oxygen atoms in total. The Bertz CT molecular complexity index is 655. The molecule has 23 heavy (non-hydrogen) atoms. The van der Waals surface area contributed by atoms with Gasteiger partial charge in [0.25, 0.3) is 0 Å². The molecule has 2 amide bonds. The van der Waals surface area contributed by atoms with Gasteiger partial charge in [0.1, 0.15) is 5.75 Å². The number of carbonyl (C=O) groups is 1. The van der Waals surface area contributed by atoms with E-state index in [1.54, 1.807) is 13.0 Å². The van der Waals surface area contributed by atoms with Crippen molar-refractivity contribution in [3.05, 3.63) is 18.2 Å². The van der Waals surface area contributed by atoms with E-state index in [4.69, 9.17) is 4.74 Å². The SMILES string of the molecule is CCNC(=O)Nc1cc(S(=O)(=O)N2CCCCC2)ccc1OC. The van der Waals surface area contributed by atoms with Crippen molar-refractivity contribution in [2.75, 3.05) is 32.1 Å². The summed E-state index contributed by atoms with van der Waals surface area (Å²) < 4.78 is 32.1. The molecule has 128 valence electrons. The highest BCUT2D eigenvalue weighted by molar-refractivity contribution is 7.89. The van der Waals surface area contributed by atoms with Gasteiger partial charge in [0.2, 0.25) is 10.0 Å². The van der Waals surface area contributed by atoms with Gasteiger partial charge in [0, 0.05) is 19.6 Å². The topological polar surface area (TPSA) is 87.7 Å². The average molecular weight is 341 g/mol. The van der Waals surface area contributed by atoms with Crippen LogP contribution in [-0.2, 0) is 10.0 Å². The largest absolute Gasteiger partial charge is 0.495 e. The second-order valence-corrected chi connectivity index (χ2v) is 7.25. The maximum atomic E-state index is 12.7. The van der Waals surface area contributed by atoms with Gasteiger partial charge in [-0.15, -0.1) is 0 Å². The molecule has 0 atom stereocenters. The van der Waals surface area contributed by atoms with Crippen molar-refractivity contribution in [3.63, 3.8) is 0 Å². The molecule has 0 aliphatic carbocycles. The van der Waals surface area contributed by atoms with Crippen LogP contribution in [0.5, 0.6) is 5.75 Å². The fraction of sp³-hybridized carbons (Fsp3) is 0.533. The third-order valence-electron chi connectivity index (χ3n) is 3.71. The van der Waals surface area contributed by atoms with Crippen LogP contribution in [0.25, 0.3) is 0 Å². The predicted molar refractivity (Wildman–Crippen MR) is 88.3 cm³/mol. The number of urea groups is 1.